The Morgan fingerprint density at radius 1 is 1.16 bits per heavy atom. The molecule has 0 unspecified atom stereocenters. The minimum atomic E-state index is -0.426. The van der Waals surface area contributed by atoms with Crippen LogP contribution >= 0.6 is 0 Å². The number of nitrogens with one attached hydrogen (secondary N) is 1. The molecule has 5 nitrogen and oxygen atoms in total. The zero-order valence-corrected chi connectivity index (χ0v) is 10.6. The molecular formula is C14H12N2O3. The summed E-state index contributed by atoms with van der Waals surface area (Å²) in [5.74, 6) is 1.20. The first-order valence-electron chi connectivity index (χ1n) is 5.55. The molecule has 1 aromatic carbocycles. The van der Waals surface area contributed by atoms with Crippen LogP contribution < -0.4 is 15.0 Å². The Kier molecular flexibility index (Phi) is 3.53. The molecule has 1 N–H and O–H groups in total. The molecule has 96 valence electrons. The average Bonchev–Trinajstić information content (AvgIpc) is 2.46. The molecule has 2 aromatic rings. The van der Waals surface area contributed by atoms with Crippen LogP contribution in [0.1, 0.15) is 5.56 Å². The van der Waals surface area contributed by atoms with E-state index < -0.39 is 5.56 Å². The number of benzene rings is 1. The van der Waals surface area contributed by atoms with Gasteiger partial charge in [-0.2, -0.15) is 5.26 Å². The molecule has 0 aliphatic carbocycles. The molecule has 2 rings (SSSR count). The van der Waals surface area contributed by atoms with Crippen molar-refractivity contribution < 1.29 is 9.47 Å². The first kappa shape index (κ1) is 12.7. The van der Waals surface area contributed by atoms with Crippen LogP contribution in [-0.2, 0) is 0 Å². The molecule has 0 aliphatic rings. The number of hydrogen-bond donors (Lipinski definition) is 1. The molecule has 0 saturated carbocycles. The van der Waals surface area contributed by atoms with Gasteiger partial charge in [-0.25, -0.2) is 0 Å². The first-order chi connectivity index (χ1) is 9.21. The number of H-pyrrole nitrogens is 1. The van der Waals surface area contributed by atoms with Gasteiger partial charge in [-0.15, -0.1) is 0 Å². The molecule has 0 bridgehead atoms. The maximum atomic E-state index is 11.6. The van der Waals surface area contributed by atoms with Crippen molar-refractivity contribution in [1.82, 2.24) is 4.98 Å². The quantitative estimate of drug-likeness (QED) is 0.910. The summed E-state index contributed by atoms with van der Waals surface area (Å²) in [5.41, 5.74) is 0.783. The predicted octanol–water partition coefficient (Wildman–Crippen LogP) is 1.93. The molecular weight excluding hydrogens is 244 g/mol. The van der Waals surface area contributed by atoms with E-state index in [4.69, 9.17) is 14.7 Å². The Balaban J connectivity index is 2.74. The molecule has 0 spiro atoms. The molecule has 0 saturated heterocycles. The van der Waals surface area contributed by atoms with Gasteiger partial charge in [0.15, 0.2) is 0 Å². The van der Waals surface area contributed by atoms with Crippen LogP contribution in [0.5, 0.6) is 11.5 Å². The molecule has 0 fully saturated rings. The van der Waals surface area contributed by atoms with Gasteiger partial charge in [-0.3, -0.25) is 4.79 Å². The van der Waals surface area contributed by atoms with Crippen molar-refractivity contribution in [1.29, 1.82) is 5.26 Å². The Hall–Kier alpha value is -2.74. The number of methoxy groups -OCH3 is 2. The zero-order valence-electron chi connectivity index (χ0n) is 10.6. The lowest BCUT2D eigenvalue weighted by molar-refractivity contribution is 0.404. The zero-order chi connectivity index (χ0) is 13.8. The van der Waals surface area contributed by atoms with Crippen LogP contribution in [0.2, 0.25) is 0 Å². The lowest BCUT2D eigenvalue weighted by Crippen LogP contribution is -2.10. The van der Waals surface area contributed by atoms with Crippen molar-refractivity contribution in [3.63, 3.8) is 0 Å². The highest BCUT2D eigenvalue weighted by Crippen LogP contribution is 2.34. The van der Waals surface area contributed by atoms with Gasteiger partial charge in [0, 0.05) is 17.3 Å². The van der Waals surface area contributed by atoms with Gasteiger partial charge in [0.2, 0.25) is 0 Å². The van der Waals surface area contributed by atoms with Gasteiger partial charge in [0.05, 0.1) is 14.2 Å². The SMILES string of the molecule is COc1ccc(OC)c(-c2cc[nH]c(=O)c2C#N)c1. The largest absolute Gasteiger partial charge is 0.497 e. The first-order valence-corrected chi connectivity index (χ1v) is 5.55. The molecule has 0 atom stereocenters. The summed E-state index contributed by atoms with van der Waals surface area (Å²) in [6, 6.07) is 8.79. The number of pyridine rings is 1. The Morgan fingerprint density at radius 3 is 2.58 bits per heavy atom. The van der Waals surface area contributed by atoms with Crippen LogP contribution in [0.15, 0.2) is 35.3 Å². The average molecular weight is 256 g/mol. The summed E-state index contributed by atoms with van der Waals surface area (Å²) >= 11 is 0. The fraction of sp³-hybridized carbons (Fsp3) is 0.143. The highest BCUT2D eigenvalue weighted by atomic mass is 16.5. The Morgan fingerprint density at radius 2 is 1.95 bits per heavy atom. The minimum absolute atomic E-state index is 0.0500. The number of ether oxygens (including phenoxy) is 2. The fourth-order valence-corrected chi connectivity index (χ4v) is 1.84. The second kappa shape index (κ2) is 5.27. The summed E-state index contributed by atoms with van der Waals surface area (Å²) in [6.45, 7) is 0. The molecule has 1 aromatic heterocycles. The second-order valence-electron chi connectivity index (χ2n) is 3.77. The van der Waals surface area contributed by atoms with E-state index in [0.717, 1.165) is 0 Å². The van der Waals surface area contributed by atoms with Gasteiger partial charge >= 0.3 is 0 Å². The van der Waals surface area contributed by atoms with E-state index in [1.807, 2.05) is 6.07 Å². The summed E-state index contributed by atoms with van der Waals surface area (Å²) in [6.07, 6.45) is 1.50. The van der Waals surface area contributed by atoms with E-state index >= 15 is 0 Å². The maximum absolute atomic E-state index is 11.6. The molecule has 19 heavy (non-hydrogen) atoms. The van der Waals surface area contributed by atoms with E-state index in [0.29, 0.717) is 22.6 Å². The molecule has 0 radical (unpaired) electrons. The third-order valence-electron chi connectivity index (χ3n) is 2.77. The van der Waals surface area contributed by atoms with Crippen molar-refractivity contribution in [3.05, 3.63) is 46.4 Å². The number of nitrogens with zero attached hydrogens (tertiary/aromatic N) is 1. The smallest absolute Gasteiger partial charge is 0.266 e. The van der Waals surface area contributed by atoms with Crippen LogP contribution in [0, 0.1) is 11.3 Å². The lowest BCUT2D eigenvalue weighted by atomic mass is 10.0. The lowest BCUT2D eigenvalue weighted by Gasteiger charge is -2.11. The molecule has 0 aliphatic heterocycles. The normalized spacial score (nSPS) is 9.74. The van der Waals surface area contributed by atoms with Crippen molar-refractivity contribution in [2.45, 2.75) is 0 Å². The third-order valence-corrected chi connectivity index (χ3v) is 2.77. The van der Waals surface area contributed by atoms with Gasteiger partial charge in [-0.05, 0) is 24.3 Å². The fourth-order valence-electron chi connectivity index (χ4n) is 1.84. The number of aromatic amines is 1. The van der Waals surface area contributed by atoms with Crippen molar-refractivity contribution in [3.8, 4) is 28.7 Å². The van der Waals surface area contributed by atoms with E-state index in [1.54, 1.807) is 31.4 Å². The third kappa shape index (κ3) is 2.29. The summed E-state index contributed by atoms with van der Waals surface area (Å²) in [4.78, 5) is 14.1. The topological polar surface area (TPSA) is 75.1 Å². The van der Waals surface area contributed by atoms with Crippen LogP contribution in [0.4, 0.5) is 0 Å². The number of nitriles is 1. The summed E-state index contributed by atoms with van der Waals surface area (Å²) < 4.78 is 10.4. The van der Waals surface area contributed by atoms with Gasteiger partial charge in [0.25, 0.3) is 5.56 Å². The van der Waals surface area contributed by atoms with Crippen molar-refractivity contribution >= 4 is 0 Å². The van der Waals surface area contributed by atoms with E-state index in [2.05, 4.69) is 4.98 Å². The van der Waals surface area contributed by atoms with Crippen molar-refractivity contribution in [2.75, 3.05) is 14.2 Å². The second-order valence-corrected chi connectivity index (χ2v) is 3.77. The summed E-state index contributed by atoms with van der Waals surface area (Å²) in [7, 11) is 3.08. The molecule has 5 heteroatoms. The van der Waals surface area contributed by atoms with Gasteiger partial charge in [-0.1, -0.05) is 0 Å². The Bertz CT molecular complexity index is 699. The van der Waals surface area contributed by atoms with Gasteiger partial charge < -0.3 is 14.5 Å². The molecule has 0 amide bonds. The Labute approximate surface area is 110 Å². The standard InChI is InChI=1S/C14H12N2O3/c1-18-9-3-4-13(19-2)11(7-9)10-5-6-16-14(17)12(10)8-15/h3-7H,1-2H3,(H,16,17). The highest BCUT2D eigenvalue weighted by molar-refractivity contribution is 5.76. The number of aromatic nitrogens is 1. The molecule has 1 heterocycles. The van der Waals surface area contributed by atoms with Crippen LogP contribution in [-0.4, -0.2) is 19.2 Å². The van der Waals surface area contributed by atoms with E-state index in [1.165, 1.54) is 13.3 Å². The van der Waals surface area contributed by atoms with E-state index in [-0.39, 0.29) is 5.56 Å². The van der Waals surface area contributed by atoms with Gasteiger partial charge in [0.1, 0.15) is 23.1 Å². The number of rotatable bonds is 3. The number of hydrogen-bond acceptors (Lipinski definition) is 4. The minimum Gasteiger partial charge on any atom is -0.497 e. The predicted molar refractivity (Wildman–Crippen MR) is 70.3 cm³/mol. The van der Waals surface area contributed by atoms with E-state index in [9.17, 15) is 4.79 Å². The van der Waals surface area contributed by atoms with Crippen LogP contribution in [0.25, 0.3) is 11.1 Å². The summed E-state index contributed by atoms with van der Waals surface area (Å²) in [5, 5.41) is 9.11. The van der Waals surface area contributed by atoms with Crippen LogP contribution in [0.3, 0.4) is 0 Å². The van der Waals surface area contributed by atoms with Crippen molar-refractivity contribution in [2.24, 2.45) is 0 Å². The highest BCUT2D eigenvalue weighted by Gasteiger charge is 2.13. The monoisotopic (exact) mass is 256 g/mol. The maximum Gasteiger partial charge on any atom is 0.266 e.